The van der Waals surface area contributed by atoms with Crippen molar-refractivity contribution in [2.75, 3.05) is 6.61 Å². The monoisotopic (exact) mass is 333 g/mol. The maximum Gasteiger partial charge on any atom is 0.255 e. The Morgan fingerprint density at radius 1 is 1.12 bits per heavy atom. The summed E-state index contributed by atoms with van der Waals surface area (Å²) in [6, 6.07) is 17.1. The molecular formula is C18H15N5O2. The highest BCUT2D eigenvalue weighted by molar-refractivity contribution is 5.77. The molecule has 2 aromatic carbocycles. The number of aromatic amines is 1. The van der Waals surface area contributed by atoms with Crippen molar-refractivity contribution in [1.82, 2.24) is 19.7 Å². The van der Waals surface area contributed by atoms with Gasteiger partial charge in [-0.1, -0.05) is 18.2 Å². The number of nitrogens with zero attached hydrogens (tertiary/aromatic N) is 3. The Morgan fingerprint density at radius 2 is 1.88 bits per heavy atom. The number of nitrogens with two attached hydrogens (primary N) is 1. The van der Waals surface area contributed by atoms with Gasteiger partial charge in [-0.25, -0.2) is 9.67 Å². The first-order chi connectivity index (χ1) is 12.2. The maximum absolute atomic E-state index is 10.8. The molecule has 7 heteroatoms. The van der Waals surface area contributed by atoms with Crippen LogP contribution < -0.4 is 10.5 Å². The van der Waals surface area contributed by atoms with Crippen LogP contribution in [0.25, 0.3) is 28.2 Å². The second-order valence-corrected chi connectivity index (χ2v) is 5.49. The Kier molecular flexibility index (Phi) is 3.66. The lowest BCUT2D eigenvalue weighted by molar-refractivity contribution is -0.119. The van der Waals surface area contributed by atoms with Crippen LogP contribution in [0.15, 0.2) is 60.8 Å². The summed E-state index contributed by atoms with van der Waals surface area (Å²) in [4.78, 5) is 18.7. The van der Waals surface area contributed by atoms with Crippen LogP contribution in [-0.4, -0.2) is 32.3 Å². The molecule has 0 spiro atoms. The standard InChI is InChI=1S/C18H15N5O2/c19-16(24)11-25-14-8-6-12(7-9-14)17-21-15-10-20-23(18(15)22-17)13-4-2-1-3-5-13/h1-10H,11H2,(H2,19,24)(H,21,22). The summed E-state index contributed by atoms with van der Waals surface area (Å²) in [7, 11) is 0. The number of fused-ring (bicyclic) bond motifs is 1. The Morgan fingerprint density at radius 3 is 2.60 bits per heavy atom. The van der Waals surface area contributed by atoms with Gasteiger partial charge in [0.15, 0.2) is 12.3 Å². The fourth-order valence-corrected chi connectivity index (χ4v) is 2.56. The van der Waals surface area contributed by atoms with E-state index in [1.807, 2.05) is 42.5 Å². The number of imidazole rings is 1. The van der Waals surface area contributed by atoms with Gasteiger partial charge in [-0.15, -0.1) is 0 Å². The highest BCUT2D eigenvalue weighted by Crippen LogP contribution is 2.24. The van der Waals surface area contributed by atoms with Gasteiger partial charge in [-0.05, 0) is 36.4 Å². The van der Waals surface area contributed by atoms with Gasteiger partial charge in [0.2, 0.25) is 0 Å². The molecule has 7 nitrogen and oxygen atoms in total. The number of carbonyl (C=O) groups excluding carboxylic acids is 1. The van der Waals surface area contributed by atoms with Gasteiger partial charge < -0.3 is 15.5 Å². The van der Waals surface area contributed by atoms with Gasteiger partial charge in [0.1, 0.15) is 17.1 Å². The highest BCUT2D eigenvalue weighted by Gasteiger charge is 2.11. The maximum atomic E-state index is 10.8. The van der Waals surface area contributed by atoms with Gasteiger partial charge in [-0.3, -0.25) is 4.79 Å². The van der Waals surface area contributed by atoms with E-state index in [9.17, 15) is 4.79 Å². The zero-order valence-corrected chi connectivity index (χ0v) is 13.2. The molecule has 4 rings (SSSR count). The van der Waals surface area contributed by atoms with E-state index in [-0.39, 0.29) is 6.61 Å². The molecule has 0 aliphatic heterocycles. The van der Waals surface area contributed by atoms with E-state index in [1.165, 1.54) is 0 Å². The lowest BCUT2D eigenvalue weighted by atomic mass is 10.2. The van der Waals surface area contributed by atoms with Crippen LogP contribution in [0.2, 0.25) is 0 Å². The molecule has 2 heterocycles. The van der Waals surface area contributed by atoms with Crippen molar-refractivity contribution >= 4 is 17.1 Å². The molecule has 3 N–H and O–H groups in total. The average molecular weight is 333 g/mol. The molecule has 0 saturated carbocycles. The van der Waals surface area contributed by atoms with Crippen LogP contribution in [0.3, 0.4) is 0 Å². The van der Waals surface area contributed by atoms with E-state index in [2.05, 4.69) is 15.1 Å². The van der Waals surface area contributed by atoms with E-state index >= 15 is 0 Å². The van der Waals surface area contributed by atoms with Crippen molar-refractivity contribution in [3.05, 3.63) is 60.8 Å². The number of para-hydroxylation sites is 1. The topological polar surface area (TPSA) is 98.8 Å². The molecule has 4 aromatic rings. The summed E-state index contributed by atoms with van der Waals surface area (Å²) < 4.78 is 7.05. The second-order valence-electron chi connectivity index (χ2n) is 5.49. The minimum atomic E-state index is -0.508. The summed E-state index contributed by atoms with van der Waals surface area (Å²) in [6.07, 6.45) is 1.75. The summed E-state index contributed by atoms with van der Waals surface area (Å²) >= 11 is 0. The Hall–Kier alpha value is -3.61. The van der Waals surface area contributed by atoms with Crippen LogP contribution in [0, 0.1) is 0 Å². The van der Waals surface area contributed by atoms with Crippen molar-refractivity contribution in [2.24, 2.45) is 5.73 Å². The predicted octanol–water partition coefficient (Wildman–Crippen LogP) is 2.28. The molecule has 124 valence electrons. The van der Waals surface area contributed by atoms with Crippen molar-refractivity contribution in [2.45, 2.75) is 0 Å². The summed E-state index contributed by atoms with van der Waals surface area (Å²) in [5.74, 6) is 0.805. The third-order valence-electron chi connectivity index (χ3n) is 3.72. The minimum Gasteiger partial charge on any atom is -0.484 e. The first kappa shape index (κ1) is 14.9. The number of primary amides is 1. The molecule has 0 unspecified atom stereocenters. The van der Waals surface area contributed by atoms with E-state index < -0.39 is 5.91 Å². The molecule has 0 radical (unpaired) electrons. The minimum absolute atomic E-state index is 0.142. The zero-order valence-electron chi connectivity index (χ0n) is 13.2. The van der Waals surface area contributed by atoms with E-state index in [0.29, 0.717) is 5.75 Å². The SMILES string of the molecule is NC(=O)COc1ccc(-c2nc3c(cnn3-c3ccccc3)[nH]2)cc1. The van der Waals surface area contributed by atoms with E-state index in [4.69, 9.17) is 10.5 Å². The molecular weight excluding hydrogens is 318 g/mol. The largest absolute Gasteiger partial charge is 0.484 e. The van der Waals surface area contributed by atoms with Gasteiger partial charge in [-0.2, -0.15) is 5.10 Å². The zero-order chi connectivity index (χ0) is 17.2. The normalized spacial score (nSPS) is 10.9. The van der Waals surface area contributed by atoms with Crippen molar-refractivity contribution in [3.8, 4) is 22.8 Å². The first-order valence-electron chi connectivity index (χ1n) is 7.71. The van der Waals surface area contributed by atoms with E-state index in [1.54, 1.807) is 23.0 Å². The van der Waals surface area contributed by atoms with Crippen molar-refractivity contribution in [1.29, 1.82) is 0 Å². The fraction of sp³-hybridized carbons (Fsp3) is 0.0556. The number of ether oxygens (including phenoxy) is 1. The van der Waals surface area contributed by atoms with Gasteiger partial charge >= 0.3 is 0 Å². The third kappa shape index (κ3) is 2.94. The number of rotatable bonds is 5. The van der Waals surface area contributed by atoms with Crippen LogP contribution in [0.4, 0.5) is 0 Å². The predicted molar refractivity (Wildman–Crippen MR) is 93.3 cm³/mol. The summed E-state index contributed by atoms with van der Waals surface area (Å²) in [5, 5.41) is 4.37. The fourth-order valence-electron chi connectivity index (χ4n) is 2.56. The number of nitrogens with one attached hydrogen (secondary N) is 1. The van der Waals surface area contributed by atoms with Crippen molar-refractivity contribution in [3.63, 3.8) is 0 Å². The average Bonchev–Trinajstić information content (AvgIpc) is 3.22. The molecule has 0 saturated heterocycles. The molecule has 25 heavy (non-hydrogen) atoms. The summed E-state index contributed by atoms with van der Waals surface area (Å²) in [6.45, 7) is -0.142. The number of H-pyrrole nitrogens is 1. The quantitative estimate of drug-likeness (QED) is 0.585. The number of hydrogen-bond donors (Lipinski definition) is 2. The number of benzene rings is 2. The van der Waals surface area contributed by atoms with Crippen LogP contribution in [0.1, 0.15) is 0 Å². The second kappa shape index (κ2) is 6.12. The van der Waals surface area contributed by atoms with Gasteiger partial charge in [0.05, 0.1) is 11.9 Å². The van der Waals surface area contributed by atoms with Crippen molar-refractivity contribution < 1.29 is 9.53 Å². The molecule has 1 amide bonds. The molecule has 0 fully saturated rings. The third-order valence-corrected chi connectivity index (χ3v) is 3.72. The summed E-state index contributed by atoms with van der Waals surface area (Å²) in [5.41, 5.74) is 8.54. The van der Waals surface area contributed by atoms with Crippen LogP contribution in [0.5, 0.6) is 5.75 Å². The number of hydrogen-bond acceptors (Lipinski definition) is 4. The molecule has 0 atom stereocenters. The first-order valence-corrected chi connectivity index (χ1v) is 7.71. The molecule has 2 aromatic heterocycles. The number of amides is 1. The highest BCUT2D eigenvalue weighted by atomic mass is 16.5. The Bertz CT molecular complexity index is 1020. The lowest BCUT2D eigenvalue weighted by Crippen LogP contribution is -2.19. The van der Waals surface area contributed by atoms with Crippen LogP contribution in [-0.2, 0) is 4.79 Å². The number of aromatic nitrogens is 4. The number of carbonyl (C=O) groups is 1. The molecule has 0 aliphatic carbocycles. The molecule has 0 aliphatic rings. The Labute approximate surface area is 143 Å². The lowest BCUT2D eigenvalue weighted by Gasteiger charge is -2.04. The smallest absolute Gasteiger partial charge is 0.255 e. The van der Waals surface area contributed by atoms with Crippen LogP contribution >= 0.6 is 0 Å². The van der Waals surface area contributed by atoms with E-state index in [0.717, 1.165) is 28.2 Å². The van der Waals surface area contributed by atoms with Gasteiger partial charge in [0, 0.05) is 5.56 Å². The molecule has 0 bridgehead atoms. The van der Waals surface area contributed by atoms with Gasteiger partial charge in [0.25, 0.3) is 5.91 Å². The Balaban J connectivity index is 1.64.